The highest BCUT2D eigenvalue weighted by Gasteiger charge is 2.30. The second-order valence-corrected chi connectivity index (χ2v) is 7.60. The van der Waals surface area contributed by atoms with Gasteiger partial charge in [0.25, 0.3) is 0 Å². The van der Waals surface area contributed by atoms with Crippen molar-refractivity contribution in [1.29, 1.82) is 0 Å². The number of carbonyl (C=O) groups is 1. The lowest BCUT2D eigenvalue weighted by molar-refractivity contribution is -0.121. The first-order chi connectivity index (χ1) is 12.7. The Morgan fingerprint density at radius 2 is 1.81 bits per heavy atom. The van der Waals surface area contributed by atoms with Crippen molar-refractivity contribution in [3.8, 4) is 11.5 Å². The van der Waals surface area contributed by atoms with Gasteiger partial charge in [-0.3, -0.25) is 9.69 Å². The molecule has 6 heteroatoms. The van der Waals surface area contributed by atoms with Gasteiger partial charge in [0.1, 0.15) is 0 Å². The molecule has 3 aliphatic heterocycles. The largest absolute Gasteiger partial charge is 0.454 e. The summed E-state index contributed by atoms with van der Waals surface area (Å²) >= 11 is 0. The molecule has 1 aromatic carbocycles. The van der Waals surface area contributed by atoms with Crippen molar-refractivity contribution < 1.29 is 14.3 Å². The van der Waals surface area contributed by atoms with Gasteiger partial charge in [-0.15, -0.1) is 0 Å². The Hall–Kier alpha value is -1.79. The first-order valence-corrected chi connectivity index (χ1v) is 9.89. The standard InChI is InChI=1S/C20H29N3O3/c1-15(20(24)21-16-5-6-18-19(13-16)26-14-25-18)22-11-7-17(8-12-22)23-9-3-2-4-10-23/h5-6,13,15,17H,2-4,7-12,14H2,1H3,(H,21,24)/t15-/m0/s1. The molecule has 3 aliphatic rings. The van der Waals surface area contributed by atoms with Crippen LogP contribution in [0.15, 0.2) is 18.2 Å². The minimum absolute atomic E-state index is 0.0419. The summed E-state index contributed by atoms with van der Waals surface area (Å²) in [4.78, 5) is 17.6. The number of nitrogens with zero attached hydrogens (tertiary/aromatic N) is 2. The molecule has 6 nitrogen and oxygen atoms in total. The molecule has 1 amide bonds. The molecular weight excluding hydrogens is 330 g/mol. The van der Waals surface area contributed by atoms with Crippen LogP contribution in [0.4, 0.5) is 5.69 Å². The molecule has 0 bridgehead atoms. The number of hydrogen-bond acceptors (Lipinski definition) is 5. The SMILES string of the molecule is C[C@@H](C(=O)Nc1ccc2c(c1)OCO2)N1CCC(N2CCCCC2)CC1. The highest BCUT2D eigenvalue weighted by Crippen LogP contribution is 2.34. The lowest BCUT2D eigenvalue weighted by atomic mass is 9.99. The summed E-state index contributed by atoms with van der Waals surface area (Å²) in [6, 6.07) is 6.11. The van der Waals surface area contributed by atoms with E-state index in [0.717, 1.165) is 24.5 Å². The zero-order valence-electron chi connectivity index (χ0n) is 15.6. The fraction of sp³-hybridized carbons (Fsp3) is 0.650. The van der Waals surface area contributed by atoms with Gasteiger partial charge in [-0.05, 0) is 57.8 Å². The Kier molecular flexibility index (Phi) is 5.31. The van der Waals surface area contributed by atoms with Crippen molar-refractivity contribution in [3.05, 3.63) is 18.2 Å². The zero-order valence-corrected chi connectivity index (χ0v) is 15.6. The smallest absolute Gasteiger partial charge is 0.241 e. The van der Waals surface area contributed by atoms with Gasteiger partial charge >= 0.3 is 0 Å². The van der Waals surface area contributed by atoms with E-state index in [9.17, 15) is 4.79 Å². The number of likely N-dealkylation sites (tertiary alicyclic amines) is 2. The van der Waals surface area contributed by atoms with E-state index >= 15 is 0 Å². The van der Waals surface area contributed by atoms with Gasteiger partial charge < -0.3 is 19.7 Å². The molecule has 0 saturated carbocycles. The molecule has 0 aromatic heterocycles. The van der Waals surface area contributed by atoms with Crippen LogP contribution in [0.5, 0.6) is 11.5 Å². The maximum absolute atomic E-state index is 12.7. The summed E-state index contributed by atoms with van der Waals surface area (Å²) < 4.78 is 10.7. The summed E-state index contributed by atoms with van der Waals surface area (Å²) in [5.41, 5.74) is 0.759. The quantitative estimate of drug-likeness (QED) is 0.896. The third-order valence-corrected chi connectivity index (χ3v) is 5.97. The van der Waals surface area contributed by atoms with E-state index in [0.29, 0.717) is 11.8 Å². The van der Waals surface area contributed by atoms with Crippen LogP contribution < -0.4 is 14.8 Å². The van der Waals surface area contributed by atoms with Crippen LogP contribution in [0.3, 0.4) is 0 Å². The number of hydrogen-bond donors (Lipinski definition) is 1. The van der Waals surface area contributed by atoms with E-state index in [-0.39, 0.29) is 18.7 Å². The first kappa shape index (κ1) is 17.6. The van der Waals surface area contributed by atoms with Crippen molar-refractivity contribution in [3.63, 3.8) is 0 Å². The minimum Gasteiger partial charge on any atom is -0.454 e. The molecular formula is C20H29N3O3. The molecule has 1 aromatic rings. The van der Waals surface area contributed by atoms with E-state index in [2.05, 4.69) is 15.1 Å². The van der Waals surface area contributed by atoms with Crippen molar-refractivity contribution in [1.82, 2.24) is 9.80 Å². The van der Waals surface area contributed by atoms with Crippen LogP contribution in [0.2, 0.25) is 0 Å². The Balaban J connectivity index is 1.29. The first-order valence-electron chi connectivity index (χ1n) is 9.89. The highest BCUT2D eigenvalue weighted by atomic mass is 16.7. The molecule has 0 spiro atoms. The van der Waals surface area contributed by atoms with E-state index in [4.69, 9.17) is 9.47 Å². The molecule has 2 saturated heterocycles. The fourth-order valence-electron chi connectivity index (χ4n) is 4.31. The number of rotatable bonds is 4. The molecule has 0 aliphatic carbocycles. The molecule has 4 rings (SSSR count). The number of benzene rings is 1. The third-order valence-electron chi connectivity index (χ3n) is 5.97. The molecule has 1 N–H and O–H groups in total. The Labute approximate surface area is 155 Å². The van der Waals surface area contributed by atoms with Crippen LogP contribution in [-0.4, -0.2) is 60.8 Å². The van der Waals surface area contributed by atoms with Crippen LogP contribution in [-0.2, 0) is 4.79 Å². The number of nitrogens with one attached hydrogen (secondary N) is 1. The molecule has 142 valence electrons. The third kappa shape index (κ3) is 3.81. The molecule has 26 heavy (non-hydrogen) atoms. The predicted octanol–water partition coefficient (Wildman–Crippen LogP) is 2.69. The molecule has 1 atom stereocenters. The fourth-order valence-corrected chi connectivity index (χ4v) is 4.31. The number of ether oxygens (including phenoxy) is 2. The predicted molar refractivity (Wildman–Crippen MR) is 101 cm³/mol. The Morgan fingerprint density at radius 3 is 2.58 bits per heavy atom. The van der Waals surface area contributed by atoms with Crippen molar-refractivity contribution in [2.75, 3.05) is 38.3 Å². The topological polar surface area (TPSA) is 54.0 Å². The highest BCUT2D eigenvalue weighted by molar-refractivity contribution is 5.94. The maximum atomic E-state index is 12.7. The van der Waals surface area contributed by atoms with E-state index in [1.54, 1.807) is 0 Å². The summed E-state index contributed by atoms with van der Waals surface area (Å²) in [6.07, 6.45) is 6.40. The van der Waals surface area contributed by atoms with E-state index in [1.807, 2.05) is 25.1 Å². The number of piperidine rings is 2. The summed E-state index contributed by atoms with van der Waals surface area (Å²) in [7, 11) is 0. The van der Waals surface area contributed by atoms with Gasteiger partial charge in [0.15, 0.2) is 11.5 Å². The van der Waals surface area contributed by atoms with Crippen molar-refractivity contribution >= 4 is 11.6 Å². The van der Waals surface area contributed by atoms with Gasteiger partial charge in [-0.1, -0.05) is 6.42 Å². The Bertz CT molecular complexity index is 637. The Morgan fingerprint density at radius 1 is 1.08 bits per heavy atom. The van der Waals surface area contributed by atoms with Crippen LogP contribution in [0.25, 0.3) is 0 Å². The molecule has 0 radical (unpaired) electrons. The summed E-state index contributed by atoms with van der Waals surface area (Å²) in [5, 5.41) is 3.02. The van der Waals surface area contributed by atoms with Gasteiger partial charge in [-0.2, -0.15) is 0 Å². The van der Waals surface area contributed by atoms with E-state index < -0.39 is 0 Å². The van der Waals surface area contributed by atoms with Crippen LogP contribution >= 0.6 is 0 Å². The van der Waals surface area contributed by atoms with Gasteiger partial charge in [-0.25, -0.2) is 0 Å². The number of carbonyl (C=O) groups excluding carboxylic acids is 1. The normalized spacial score (nSPS) is 23.0. The van der Waals surface area contributed by atoms with Crippen molar-refractivity contribution in [2.45, 2.75) is 51.1 Å². The number of anilines is 1. The summed E-state index contributed by atoms with van der Waals surface area (Å²) in [6.45, 7) is 6.75. The van der Waals surface area contributed by atoms with Gasteiger partial charge in [0, 0.05) is 30.9 Å². The number of fused-ring (bicyclic) bond motifs is 1. The average molecular weight is 359 g/mol. The molecule has 0 unspecified atom stereocenters. The lowest BCUT2D eigenvalue weighted by Crippen LogP contribution is -2.51. The molecule has 3 heterocycles. The second-order valence-electron chi connectivity index (χ2n) is 7.60. The van der Waals surface area contributed by atoms with Crippen molar-refractivity contribution in [2.24, 2.45) is 0 Å². The van der Waals surface area contributed by atoms with Crippen LogP contribution in [0.1, 0.15) is 39.0 Å². The zero-order chi connectivity index (χ0) is 17.9. The maximum Gasteiger partial charge on any atom is 0.241 e. The van der Waals surface area contributed by atoms with Gasteiger partial charge in [0.05, 0.1) is 6.04 Å². The average Bonchev–Trinajstić information content (AvgIpc) is 3.16. The van der Waals surface area contributed by atoms with Crippen LogP contribution in [0, 0.1) is 0 Å². The lowest BCUT2D eigenvalue weighted by Gasteiger charge is -2.41. The summed E-state index contributed by atoms with van der Waals surface area (Å²) in [5.74, 6) is 1.47. The minimum atomic E-state index is -0.122. The number of amides is 1. The van der Waals surface area contributed by atoms with Gasteiger partial charge in [0.2, 0.25) is 12.7 Å². The second kappa shape index (κ2) is 7.84. The molecule has 2 fully saturated rings. The monoisotopic (exact) mass is 359 g/mol. The van der Waals surface area contributed by atoms with E-state index in [1.165, 1.54) is 45.2 Å².